The summed E-state index contributed by atoms with van der Waals surface area (Å²) in [6.07, 6.45) is 6.36. The zero-order chi connectivity index (χ0) is 28.3. The van der Waals surface area contributed by atoms with Crippen molar-refractivity contribution in [2.75, 3.05) is 18.8 Å². The van der Waals surface area contributed by atoms with Crippen LogP contribution in [0.15, 0.2) is 67.0 Å². The number of hydrogen-bond donors (Lipinski definition) is 1. The Bertz CT molecular complexity index is 1610. The van der Waals surface area contributed by atoms with E-state index in [-0.39, 0.29) is 29.8 Å². The summed E-state index contributed by atoms with van der Waals surface area (Å²) in [4.78, 5) is 23.6. The van der Waals surface area contributed by atoms with Crippen molar-refractivity contribution in [3.8, 4) is 28.8 Å². The second-order valence-corrected chi connectivity index (χ2v) is 10.6. The summed E-state index contributed by atoms with van der Waals surface area (Å²) in [6.45, 7) is 4.92. The third-order valence-corrected chi connectivity index (χ3v) is 7.00. The van der Waals surface area contributed by atoms with Crippen LogP contribution in [-0.4, -0.2) is 43.6 Å². The minimum Gasteiger partial charge on any atom is -0.457 e. The number of para-hydroxylation sites is 1. The van der Waals surface area contributed by atoms with Crippen LogP contribution >= 0.6 is 0 Å². The number of carbonyl (C=O) groups is 1. The maximum Gasteiger partial charge on any atom is 0.223 e. The Balaban J connectivity index is 1.45. The number of allylic oxidation sites excluding steroid dienone is 2. The molecule has 0 saturated carbocycles. The Kier molecular flexibility index (Phi) is 7.47. The van der Waals surface area contributed by atoms with Crippen LogP contribution in [-0.2, 0) is 4.79 Å². The Labute approximate surface area is 231 Å². The van der Waals surface area contributed by atoms with E-state index in [1.165, 1.54) is 18.5 Å². The number of aromatic nitrogens is 4. The van der Waals surface area contributed by atoms with Crippen molar-refractivity contribution < 1.29 is 13.9 Å². The fraction of sp³-hybridized carbons (Fsp3) is 0.300. The number of hydrogen-bond acceptors (Lipinski definition) is 7. The maximum absolute atomic E-state index is 15.5. The highest BCUT2D eigenvalue weighted by atomic mass is 19.1. The van der Waals surface area contributed by atoms with E-state index in [2.05, 4.69) is 9.97 Å². The Morgan fingerprint density at radius 2 is 2.02 bits per heavy atom. The van der Waals surface area contributed by atoms with Gasteiger partial charge in [0, 0.05) is 37.2 Å². The first-order chi connectivity index (χ1) is 19.3. The second kappa shape index (κ2) is 11.1. The zero-order valence-electron chi connectivity index (χ0n) is 22.4. The third kappa shape index (κ3) is 5.64. The van der Waals surface area contributed by atoms with Gasteiger partial charge in [0.15, 0.2) is 5.65 Å². The summed E-state index contributed by atoms with van der Waals surface area (Å²) in [5.74, 6) is 0.641. The topological polar surface area (TPSA) is 123 Å². The Morgan fingerprint density at radius 1 is 1.23 bits per heavy atom. The molecule has 1 atom stereocenters. The van der Waals surface area contributed by atoms with Gasteiger partial charge in [-0.05, 0) is 42.5 Å². The number of fused-ring (bicyclic) bond motifs is 1. The molecular weight excluding hydrogens is 509 g/mol. The largest absolute Gasteiger partial charge is 0.457 e. The van der Waals surface area contributed by atoms with Crippen LogP contribution in [0.1, 0.15) is 39.2 Å². The molecule has 10 heteroatoms. The Hall–Kier alpha value is -4.78. The van der Waals surface area contributed by atoms with Gasteiger partial charge in [0.25, 0.3) is 0 Å². The van der Waals surface area contributed by atoms with Crippen LogP contribution in [0.4, 0.5) is 10.2 Å². The molecule has 0 bridgehead atoms. The number of benzene rings is 2. The molecule has 0 radical (unpaired) electrons. The van der Waals surface area contributed by atoms with Gasteiger partial charge in [-0.3, -0.25) is 4.79 Å². The van der Waals surface area contributed by atoms with Crippen LogP contribution in [0.25, 0.3) is 22.3 Å². The van der Waals surface area contributed by atoms with E-state index in [4.69, 9.17) is 20.8 Å². The molecule has 5 rings (SSSR count). The Morgan fingerprint density at radius 3 is 2.77 bits per heavy atom. The van der Waals surface area contributed by atoms with Crippen LogP contribution in [0.5, 0.6) is 11.5 Å². The van der Waals surface area contributed by atoms with Crippen LogP contribution < -0.4 is 10.5 Å². The van der Waals surface area contributed by atoms with Crippen molar-refractivity contribution in [2.24, 2.45) is 5.41 Å². The molecule has 2 aromatic carbocycles. The minimum absolute atomic E-state index is 0.00293. The molecular formula is C30H30FN7O2. The molecule has 1 fully saturated rings. The molecule has 204 valence electrons. The van der Waals surface area contributed by atoms with Gasteiger partial charge in [0.05, 0.1) is 17.5 Å². The molecule has 1 amide bonds. The van der Waals surface area contributed by atoms with Gasteiger partial charge >= 0.3 is 0 Å². The van der Waals surface area contributed by atoms with Gasteiger partial charge in [-0.1, -0.05) is 38.1 Å². The smallest absolute Gasteiger partial charge is 0.223 e. The van der Waals surface area contributed by atoms with Gasteiger partial charge in [-0.2, -0.15) is 10.4 Å². The van der Waals surface area contributed by atoms with E-state index < -0.39 is 11.2 Å². The molecule has 0 aliphatic carbocycles. The number of rotatable bonds is 7. The van der Waals surface area contributed by atoms with Gasteiger partial charge in [-0.15, -0.1) is 0 Å². The van der Waals surface area contributed by atoms with Crippen molar-refractivity contribution >= 4 is 22.8 Å². The lowest BCUT2D eigenvalue weighted by Gasteiger charge is -2.34. The van der Waals surface area contributed by atoms with Crippen LogP contribution in [0.3, 0.4) is 0 Å². The standard InChI is InChI=1S/C30H30FN7O2/c1-30(2,13-7-14-32)17-25(39)37-15-6-8-20(18-37)38-29-26(28(33)34-19-35-29)27(36-38)23-12-11-22(16-24(23)31)40-21-9-4-3-5-10-21/h3-5,7,9-13,16,19-20H,6,8,15,17-18H2,1-2H3,(H2,33,34,35). The number of nitrogen functional groups attached to an aromatic ring is 1. The summed E-state index contributed by atoms with van der Waals surface area (Å²) in [6, 6.07) is 15.6. The van der Waals surface area contributed by atoms with Crippen molar-refractivity contribution in [1.82, 2.24) is 24.6 Å². The van der Waals surface area contributed by atoms with Gasteiger partial charge in [0.2, 0.25) is 5.91 Å². The lowest BCUT2D eigenvalue weighted by atomic mass is 9.88. The molecule has 3 heterocycles. The van der Waals surface area contributed by atoms with E-state index >= 15 is 4.39 Å². The highest BCUT2D eigenvalue weighted by Gasteiger charge is 2.31. The van der Waals surface area contributed by atoms with Crippen molar-refractivity contribution in [2.45, 2.75) is 39.2 Å². The first-order valence-electron chi connectivity index (χ1n) is 13.1. The monoisotopic (exact) mass is 539 g/mol. The summed E-state index contributed by atoms with van der Waals surface area (Å²) in [5, 5.41) is 14.1. The number of ether oxygens (including phenoxy) is 1. The molecule has 40 heavy (non-hydrogen) atoms. The number of amides is 1. The third-order valence-electron chi connectivity index (χ3n) is 7.00. The number of nitrogens with two attached hydrogens (primary N) is 1. The molecule has 1 aliphatic heterocycles. The maximum atomic E-state index is 15.5. The van der Waals surface area contributed by atoms with Crippen LogP contribution in [0.2, 0.25) is 0 Å². The minimum atomic E-state index is -0.517. The molecule has 2 N–H and O–H groups in total. The first-order valence-corrected chi connectivity index (χ1v) is 13.1. The quantitative estimate of drug-likeness (QED) is 0.300. The van der Waals surface area contributed by atoms with Crippen molar-refractivity contribution in [3.05, 3.63) is 72.8 Å². The second-order valence-electron chi connectivity index (χ2n) is 10.6. The predicted octanol–water partition coefficient (Wildman–Crippen LogP) is 5.67. The van der Waals surface area contributed by atoms with Gasteiger partial charge in [-0.25, -0.2) is 19.0 Å². The highest BCUT2D eigenvalue weighted by Crippen LogP contribution is 2.36. The van der Waals surface area contributed by atoms with Gasteiger partial charge in [0.1, 0.15) is 35.2 Å². The SMILES string of the molecule is CC(C)(C=CC#N)CC(=O)N1CCCC(n2nc(-c3ccc(Oc4ccccc4)cc3F)c3c(N)ncnc32)C1. The van der Waals surface area contributed by atoms with E-state index in [1.807, 2.05) is 43.0 Å². The number of halogens is 1. The number of likely N-dealkylation sites (tertiary alicyclic amines) is 1. The molecule has 4 aromatic rings. The van der Waals surface area contributed by atoms with E-state index in [1.54, 1.807) is 35.0 Å². The van der Waals surface area contributed by atoms with Crippen molar-refractivity contribution in [3.63, 3.8) is 0 Å². The average Bonchev–Trinajstić information content (AvgIpc) is 3.33. The van der Waals surface area contributed by atoms with Gasteiger partial charge < -0.3 is 15.4 Å². The number of anilines is 1. The molecule has 0 spiro atoms. The molecule has 1 unspecified atom stereocenters. The number of nitriles is 1. The van der Waals surface area contributed by atoms with E-state index in [9.17, 15) is 4.79 Å². The number of piperidine rings is 1. The molecule has 9 nitrogen and oxygen atoms in total. The summed E-state index contributed by atoms with van der Waals surface area (Å²) in [7, 11) is 0. The summed E-state index contributed by atoms with van der Waals surface area (Å²) in [5.41, 5.74) is 6.89. The summed E-state index contributed by atoms with van der Waals surface area (Å²) < 4.78 is 23.0. The lowest BCUT2D eigenvalue weighted by molar-refractivity contribution is -0.134. The first kappa shape index (κ1) is 26.8. The molecule has 1 aliphatic rings. The highest BCUT2D eigenvalue weighted by molar-refractivity contribution is 5.98. The fourth-order valence-corrected chi connectivity index (χ4v) is 5.02. The zero-order valence-corrected chi connectivity index (χ0v) is 22.4. The predicted molar refractivity (Wildman–Crippen MR) is 150 cm³/mol. The van der Waals surface area contributed by atoms with Crippen LogP contribution in [0, 0.1) is 22.6 Å². The lowest BCUT2D eigenvalue weighted by Crippen LogP contribution is -2.42. The average molecular weight is 540 g/mol. The van der Waals surface area contributed by atoms with E-state index in [0.29, 0.717) is 41.3 Å². The summed E-state index contributed by atoms with van der Waals surface area (Å²) >= 11 is 0. The molecule has 1 saturated heterocycles. The fourth-order valence-electron chi connectivity index (χ4n) is 5.02. The van der Waals surface area contributed by atoms with E-state index in [0.717, 1.165) is 12.8 Å². The number of nitrogens with zero attached hydrogens (tertiary/aromatic N) is 6. The normalized spacial score (nSPS) is 15.8. The number of carbonyl (C=O) groups excluding carboxylic acids is 1. The van der Waals surface area contributed by atoms with Crippen molar-refractivity contribution in [1.29, 1.82) is 5.26 Å². The molecule has 2 aromatic heterocycles.